The Bertz CT molecular complexity index is 1070. The number of methoxy groups -OCH3 is 1. The Hall–Kier alpha value is -3.15. The highest BCUT2D eigenvalue weighted by molar-refractivity contribution is 5.93. The monoisotopic (exact) mass is 407 g/mol. The number of hydrogen-bond donors (Lipinski definition) is 1. The molecule has 1 fully saturated rings. The number of benzene rings is 2. The normalized spacial score (nSPS) is 14.7. The molecule has 0 bridgehead atoms. The number of rotatable bonds is 4. The number of ether oxygens (including phenoxy) is 1. The second-order valence-corrected chi connectivity index (χ2v) is 7.85. The number of carbonyl (C=O) groups excluding carboxylic acids is 1. The first-order valence-electron chi connectivity index (χ1n) is 10.2. The zero-order valence-electron chi connectivity index (χ0n) is 17.5. The number of carbonyl (C=O) groups is 1. The number of hydrogen-bond acceptors (Lipinski definition) is 4. The summed E-state index contributed by atoms with van der Waals surface area (Å²) >= 11 is 0. The Morgan fingerprint density at radius 3 is 2.57 bits per heavy atom. The summed E-state index contributed by atoms with van der Waals surface area (Å²) < 4.78 is 18.7. The molecule has 2 heterocycles. The van der Waals surface area contributed by atoms with Crippen LogP contribution in [0.15, 0.2) is 42.7 Å². The first-order chi connectivity index (χ1) is 14.5. The third-order valence-corrected chi connectivity index (χ3v) is 6.00. The minimum absolute atomic E-state index is 0.220. The summed E-state index contributed by atoms with van der Waals surface area (Å²) in [5.74, 6) is -0.132. The first kappa shape index (κ1) is 20.1. The molecule has 156 valence electrons. The highest BCUT2D eigenvalue weighted by Gasteiger charge is 2.25. The molecule has 0 amide bonds. The van der Waals surface area contributed by atoms with E-state index in [0.717, 1.165) is 48.4 Å². The van der Waals surface area contributed by atoms with Crippen LogP contribution in [0.5, 0.6) is 0 Å². The number of aromatic nitrogens is 2. The maximum atomic E-state index is 13.8. The second-order valence-electron chi connectivity index (χ2n) is 7.85. The Labute approximate surface area is 175 Å². The first-order valence-corrected chi connectivity index (χ1v) is 10.2. The van der Waals surface area contributed by atoms with Crippen LogP contribution in [0.3, 0.4) is 0 Å². The molecule has 0 atom stereocenters. The van der Waals surface area contributed by atoms with Crippen molar-refractivity contribution >= 4 is 11.7 Å². The van der Waals surface area contributed by atoms with Crippen LogP contribution in [0.4, 0.5) is 10.1 Å². The molecule has 30 heavy (non-hydrogen) atoms. The van der Waals surface area contributed by atoms with Gasteiger partial charge in [0.05, 0.1) is 24.7 Å². The Balaban J connectivity index is 1.67. The lowest BCUT2D eigenvalue weighted by molar-refractivity contribution is 0.0601. The van der Waals surface area contributed by atoms with E-state index in [1.165, 1.54) is 18.9 Å². The van der Waals surface area contributed by atoms with Crippen molar-refractivity contribution in [3.63, 3.8) is 0 Å². The number of nitrogens with zero attached hydrogens (tertiary/aromatic N) is 2. The smallest absolute Gasteiger partial charge is 0.337 e. The summed E-state index contributed by atoms with van der Waals surface area (Å²) in [6, 6.07) is 10.7. The minimum Gasteiger partial charge on any atom is -0.465 e. The molecule has 1 aromatic heterocycles. The fourth-order valence-corrected chi connectivity index (χ4v) is 4.29. The Morgan fingerprint density at radius 1 is 1.17 bits per heavy atom. The number of anilines is 1. The number of imidazole rings is 1. The van der Waals surface area contributed by atoms with Crippen molar-refractivity contribution in [3.8, 4) is 11.1 Å². The summed E-state index contributed by atoms with van der Waals surface area (Å²) in [7, 11) is 1.39. The van der Waals surface area contributed by atoms with E-state index in [2.05, 4.69) is 14.9 Å². The lowest BCUT2D eigenvalue weighted by Crippen LogP contribution is -2.33. The van der Waals surface area contributed by atoms with Gasteiger partial charge in [-0.3, -0.25) is 0 Å². The van der Waals surface area contributed by atoms with Crippen LogP contribution in [0.25, 0.3) is 11.1 Å². The van der Waals surface area contributed by atoms with E-state index in [1.54, 1.807) is 25.4 Å². The van der Waals surface area contributed by atoms with Gasteiger partial charge in [-0.2, -0.15) is 0 Å². The number of piperidine rings is 1. The molecule has 3 aromatic rings. The molecule has 1 aliphatic heterocycles. The van der Waals surface area contributed by atoms with Gasteiger partial charge >= 0.3 is 5.97 Å². The lowest BCUT2D eigenvalue weighted by Gasteiger charge is -2.35. The van der Waals surface area contributed by atoms with Crippen molar-refractivity contribution in [1.29, 1.82) is 0 Å². The van der Waals surface area contributed by atoms with Crippen LogP contribution in [0, 0.1) is 19.7 Å². The fourth-order valence-electron chi connectivity index (χ4n) is 4.29. The summed E-state index contributed by atoms with van der Waals surface area (Å²) in [5.41, 5.74) is 6.29. The van der Waals surface area contributed by atoms with Gasteiger partial charge in [0.25, 0.3) is 0 Å². The molecule has 0 spiro atoms. The largest absolute Gasteiger partial charge is 0.465 e. The number of nitrogens with one attached hydrogen (secondary N) is 1. The summed E-state index contributed by atoms with van der Waals surface area (Å²) in [5, 5.41) is 0. The van der Waals surface area contributed by atoms with Gasteiger partial charge < -0.3 is 14.6 Å². The average molecular weight is 407 g/mol. The van der Waals surface area contributed by atoms with Crippen molar-refractivity contribution in [2.24, 2.45) is 0 Å². The highest BCUT2D eigenvalue weighted by atomic mass is 19.1. The molecule has 2 aromatic carbocycles. The van der Waals surface area contributed by atoms with Gasteiger partial charge in [0.1, 0.15) is 5.82 Å². The fraction of sp³-hybridized carbons (Fsp3) is 0.333. The molecule has 6 heteroatoms. The van der Waals surface area contributed by atoms with Crippen LogP contribution in [-0.2, 0) is 4.74 Å². The van der Waals surface area contributed by atoms with Crippen molar-refractivity contribution in [1.82, 2.24) is 9.97 Å². The van der Waals surface area contributed by atoms with E-state index in [-0.39, 0.29) is 11.8 Å². The Kier molecular flexibility index (Phi) is 5.57. The van der Waals surface area contributed by atoms with E-state index >= 15 is 0 Å². The van der Waals surface area contributed by atoms with Gasteiger partial charge in [-0.15, -0.1) is 0 Å². The van der Waals surface area contributed by atoms with Gasteiger partial charge in [0.2, 0.25) is 0 Å². The van der Waals surface area contributed by atoms with E-state index in [0.29, 0.717) is 17.0 Å². The van der Waals surface area contributed by atoms with E-state index in [1.807, 2.05) is 25.1 Å². The predicted molar refractivity (Wildman–Crippen MR) is 115 cm³/mol. The third-order valence-electron chi connectivity index (χ3n) is 6.00. The molecular weight excluding hydrogens is 381 g/mol. The maximum Gasteiger partial charge on any atom is 0.337 e. The van der Waals surface area contributed by atoms with Gasteiger partial charge in [0, 0.05) is 36.0 Å². The zero-order valence-corrected chi connectivity index (χ0v) is 17.5. The molecule has 1 aliphatic rings. The standard InChI is InChI=1S/C24H26FN3O2/c1-15-12-18(5-7-21(15)25)20-6-4-19(24(29)30-3)13-22(20)28-10-8-17(9-11-28)23-16(2)26-14-27-23/h4-7,12-14,17H,8-11H2,1-3H3,(H,26,27). The quantitative estimate of drug-likeness (QED) is 0.618. The van der Waals surface area contributed by atoms with E-state index < -0.39 is 0 Å². The minimum atomic E-state index is -0.360. The van der Waals surface area contributed by atoms with Gasteiger partial charge in [-0.25, -0.2) is 14.2 Å². The molecular formula is C24H26FN3O2. The molecule has 0 saturated carbocycles. The van der Waals surface area contributed by atoms with Crippen LogP contribution in [0.1, 0.15) is 46.1 Å². The van der Waals surface area contributed by atoms with Crippen LogP contribution < -0.4 is 4.90 Å². The molecule has 1 saturated heterocycles. The third kappa shape index (κ3) is 3.82. The number of esters is 1. The van der Waals surface area contributed by atoms with Crippen LogP contribution >= 0.6 is 0 Å². The van der Waals surface area contributed by atoms with Crippen molar-refractivity contribution in [2.75, 3.05) is 25.1 Å². The molecule has 1 N–H and O–H groups in total. The number of H-pyrrole nitrogens is 1. The summed E-state index contributed by atoms with van der Waals surface area (Å²) in [6.45, 7) is 5.52. The SMILES string of the molecule is COC(=O)c1ccc(-c2ccc(F)c(C)c2)c(N2CCC(c3[nH]cnc3C)CC2)c1. The van der Waals surface area contributed by atoms with Gasteiger partial charge in [0.15, 0.2) is 0 Å². The lowest BCUT2D eigenvalue weighted by atomic mass is 9.91. The summed E-state index contributed by atoms with van der Waals surface area (Å²) in [4.78, 5) is 22.1. The molecule has 5 nitrogen and oxygen atoms in total. The van der Waals surface area contributed by atoms with Crippen LogP contribution in [-0.4, -0.2) is 36.1 Å². The topological polar surface area (TPSA) is 58.2 Å². The second kappa shape index (κ2) is 8.30. The Morgan fingerprint density at radius 2 is 1.93 bits per heavy atom. The van der Waals surface area contributed by atoms with Gasteiger partial charge in [-0.1, -0.05) is 12.1 Å². The highest BCUT2D eigenvalue weighted by Crippen LogP contribution is 2.37. The number of aryl methyl sites for hydroxylation is 2. The predicted octanol–water partition coefficient (Wildman–Crippen LogP) is 5.00. The molecule has 4 rings (SSSR count). The van der Waals surface area contributed by atoms with Crippen LogP contribution in [0.2, 0.25) is 0 Å². The van der Waals surface area contributed by atoms with Crippen molar-refractivity contribution in [2.45, 2.75) is 32.6 Å². The summed E-state index contributed by atoms with van der Waals surface area (Å²) in [6.07, 6.45) is 3.74. The van der Waals surface area contributed by atoms with Gasteiger partial charge in [-0.05, 0) is 62.1 Å². The molecule has 0 aliphatic carbocycles. The molecule has 0 unspecified atom stereocenters. The van der Waals surface area contributed by atoms with Crippen molar-refractivity contribution in [3.05, 3.63) is 71.1 Å². The number of halogens is 1. The molecule has 0 radical (unpaired) electrons. The van der Waals surface area contributed by atoms with Crippen molar-refractivity contribution < 1.29 is 13.9 Å². The average Bonchev–Trinajstić information content (AvgIpc) is 3.20. The zero-order chi connectivity index (χ0) is 21.3. The maximum absolute atomic E-state index is 13.8. The van der Waals surface area contributed by atoms with E-state index in [9.17, 15) is 9.18 Å². The number of aromatic amines is 1. The van der Waals surface area contributed by atoms with E-state index in [4.69, 9.17) is 4.74 Å².